The topological polar surface area (TPSA) is 45.2 Å². The molecule has 1 unspecified atom stereocenters. The molecule has 1 amide bonds. The second-order valence-electron chi connectivity index (χ2n) is 7.27. The van der Waals surface area contributed by atoms with Crippen LogP contribution in [0.4, 0.5) is 0 Å². The van der Waals surface area contributed by atoms with E-state index in [-0.39, 0.29) is 11.9 Å². The molecule has 0 aliphatic carbocycles. The van der Waals surface area contributed by atoms with Gasteiger partial charge >= 0.3 is 0 Å². The van der Waals surface area contributed by atoms with Gasteiger partial charge in [-0.05, 0) is 48.8 Å². The number of nitrogens with one attached hydrogen (secondary N) is 1. The summed E-state index contributed by atoms with van der Waals surface area (Å²) in [6, 6.07) is 16.6. The van der Waals surface area contributed by atoms with Crippen LogP contribution in [0.1, 0.15) is 30.0 Å². The third kappa shape index (κ3) is 3.74. The Balaban J connectivity index is 1.32. The first-order chi connectivity index (χ1) is 12.3. The quantitative estimate of drug-likeness (QED) is 0.934. The predicted octanol–water partition coefficient (Wildman–Crippen LogP) is 2.62. The Morgan fingerprint density at radius 3 is 2.80 bits per heavy atom. The molecule has 0 spiro atoms. The Hall–Kier alpha value is -2.20. The molecular weight excluding hydrogens is 310 g/mol. The van der Waals surface area contributed by atoms with E-state index in [1.165, 1.54) is 5.56 Å². The first kappa shape index (κ1) is 16.3. The average molecular weight is 335 g/mol. The van der Waals surface area contributed by atoms with Crippen molar-refractivity contribution in [3.63, 3.8) is 0 Å². The zero-order chi connectivity index (χ0) is 17.1. The molecule has 0 bridgehead atoms. The highest BCUT2D eigenvalue weighted by atomic mass is 16.2. The van der Waals surface area contributed by atoms with Crippen molar-refractivity contribution in [2.75, 3.05) is 19.6 Å². The number of likely N-dealkylation sites (tertiary alicyclic amines) is 1. The van der Waals surface area contributed by atoms with Gasteiger partial charge in [-0.1, -0.05) is 36.4 Å². The van der Waals surface area contributed by atoms with Crippen LogP contribution in [0.3, 0.4) is 0 Å². The number of hydrogen-bond acceptors (Lipinski definition) is 3. The maximum atomic E-state index is 12.9. The fraction of sp³-hybridized carbons (Fsp3) is 0.429. The monoisotopic (exact) mass is 335 g/mol. The van der Waals surface area contributed by atoms with Gasteiger partial charge in [0.15, 0.2) is 0 Å². The molecule has 2 fully saturated rings. The van der Waals surface area contributed by atoms with Crippen molar-refractivity contribution in [2.24, 2.45) is 5.92 Å². The molecule has 3 atom stereocenters. The maximum absolute atomic E-state index is 12.9. The van der Waals surface area contributed by atoms with Gasteiger partial charge in [-0.2, -0.15) is 0 Å². The molecule has 1 N–H and O–H groups in total. The summed E-state index contributed by atoms with van der Waals surface area (Å²) < 4.78 is 0. The molecule has 1 aromatic carbocycles. The van der Waals surface area contributed by atoms with Crippen LogP contribution in [-0.2, 0) is 11.2 Å². The third-order valence-electron chi connectivity index (χ3n) is 5.52. The number of hydrogen-bond donors (Lipinski definition) is 1. The highest BCUT2D eigenvalue weighted by molar-refractivity contribution is 5.82. The van der Waals surface area contributed by atoms with Gasteiger partial charge in [0, 0.05) is 31.5 Å². The van der Waals surface area contributed by atoms with Crippen molar-refractivity contribution in [3.05, 3.63) is 66.0 Å². The Morgan fingerprint density at radius 1 is 1.16 bits per heavy atom. The van der Waals surface area contributed by atoms with E-state index in [1.54, 1.807) is 0 Å². The van der Waals surface area contributed by atoms with E-state index in [1.807, 2.05) is 24.4 Å². The minimum absolute atomic E-state index is 0.0289. The summed E-state index contributed by atoms with van der Waals surface area (Å²) in [5.41, 5.74) is 2.46. The second kappa shape index (κ2) is 7.36. The summed E-state index contributed by atoms with van der Waals surface area (Å²) in [7, 11) is 0. The van der Waals surface area contributed by atoms with E-state index < -0.39 is 0 Å². The number of rotatable bonds is 4. The van der Waals surface area contributed by atoms with Gasteiger partial charge in [0.1, 0.15) is 0 Å². The van der Waals surface area contributed by atoms with Gasteiger partial charge < -0.3 is 10.2 Å². The van der Waals surface area contributed by atoms with Crippen LogP contribution >= 0.6 is 0 Å². The minimum atomic E-state index is -0.0289. The summed E-state index contributed by atoms with van der Waals surface area (Å²) in [5, 5.41) is 3.44. The molecule has 1 aromatic heterocycles. The molecular formula is C21H25N3O. The highest BCUT2D eigenvalue weighted by Crippen LogP contribution is 2.28. The Kier molecular flexibility index (Phi) is 4.79. The van der Waals surface area contributed by atoms with Crippen LogP contribution < -0.4 is 5.32 Å². The van der Waals surface area contributed by atoms with Crippen LogP contribution in [-0.4, -0.2) is 41.5 Å². The van der Waals surface area contributed by atoms with Crippen molar-refractivity contribution >= 4 is 5.91 Å². The number of amides is 1. The summed E-state index contributed by atoms with van der Waals surface area (Å²) in [5.74, 6) is 1.26. The van der Waals surface area contributed by atoms with Crippen LogP contribution in [0.15, 0.2) is 54.7 Å². The smallest absolute Gasteiger partial charge is 0.239 e. The van der Waals surface area contributed by atoms with Crippen LogP contribution in [0, 0.1) is 5.92 Å². The van der Waals surface area contributed by atoms with Crippen LogP contribution in [0.5, 0.6) is 0 Å². The zero-order valence-corrected chi connectivity index (χ0v) is 14.5. The summed E-state index contributed by atoms with van der Waals surface area (Å²) >= 11 is 0. The Labute approximate surface area is 149 Å². The number of pyridine rings is 1. The minimum Gasteiger partial charge on any atom is -0.341 e. The van der Waals surface area contributed by atoms with E-state index in [9.17, 15) is 4.79 Å². The van der Waals surface area contributed by atoms with E-state index in [0.29, 0.717) is 11.8 Å². The Bertz CT molecular complexity index is 704. The fourth-order valence-electron chi connectivity index (χ4n) is 4.14. The standard InChI is InChI=1S/C21H25N3O/c25-21(20-13-18(14-23-20)17-6-2-1-3-7-17)24-11-9-16(15-24)12-19-8-4-5-10-22-19/h1-8,10,16,18,20,23H,9,11-15H2/t16?,18-,20-/m1/s1. The van der Waals surface area contributed by atoms with Crippen LogP contribution in [0.2, 0.25) is 0 Å². The third-order valence-corrected chi connectivity index (χ3v) is 5.52. The van der Waals surface area contributed by atoms with Gasteiger partial charge in [0.05, 0.1) is 6.04 Å². The number of aromatic nitrogens is 1. The zero-order valence-electron chi connectivity index (χ0n) is 14.5. The SMILES string of the molecule is O=C([C@H]1C[C@@H](c2ccccc2)CN1)N1CCC(Cc2ccccn2)C1. The molecule has 2 aromatic rings. The molecule has 2 aliphatic rings. The van der Waals surface area contributed by atoms with Gasteiger partial charge in [0.2, 0.25) is 5.91 Å². The number of carbonyl (C=O) groups is 1. The number of carbonyl (C=O) groups excluding carboxylic acids is 1. The lowest BCUT2D eigenvalue weighted by atomic mass is 9.96. The lowest BCUT2D eigenvalue weighted by Crippen LogP contribution is -2.42. The lowest BCUT2D eigenvalue weighted by molar-refractivity contribution is -0.132. The molecule has 0 saturated carbocycles. The van der Waals surface area contributed by atoms with Crippen molar-refractivity contribution in [1.29, 1.82) is 0 Å². The van der Waals surface area contributed by atoms with E-state index in [2.05, 4.69) is 45.5 Å². The summed E-state index contributed by atoms with van der Waals surface area (Å²) in [6.45, 7) is 2.64. The Morgan fingerprint density at radius 2 is 2.00 bits per heavy atom. The van der Waals surface area contributed by atoms with Crippen molar-refractivity contribution in [2.45, 2.75) is 31.2 Å². The molecule has 3 heterocycles. The van der Waals surface area contributed by atoms with Gasteiger partial charge in [-0.3, -0.25) is 9.78 Å². The van der Waals surface area contributed by atoms with E-state index >= 15 is 0 Å². The molecule has 4 heteroatoms. The summed E-state index contributed by atoms with van der Waals surface area (Å²) in [6.07, 6.45) is 4.80. The van der Waals surface area contributed by atoms with E-state index in [4.69, 9.17) is 0 Å². The summed E-state index contributed by atoms with van der Waals surface area (Å²) in [4.78, 5) is 19.3. The molecule has 4 rings (SSSR count). The molecule has 2 saturated heterocycles. The molecule has 2 aliphatic heterocycles. The fourth-order valence-corrected chi connectivity index (χ4v) is 4.14. The number of benzene rings is 1. The van der Waals surface area contributed by atoms with Crippen molar-refractivity contribution < 1.29 is 4.79 Å². The second-order valence-corrected chi connectivity index (χ2v) is 7.27. The predicted molar refractivity (Wildman–Crippen MR) is 98.2 cm³/mol. The van der Waals surface area contributed by atoms with Crippen molar-refractivity contribution in [3.8, 4) is 0 Å². The average Bonchev–Trinajstić information content (AvgIpc) is 3.33. The van der Waals surface area contributed by atoms with Gasteiger partial charge in [-0.15, -0.1) is 0 Å². The highest BCUT2D eigenvalue weighted by Gasteiger charge is 2.35. The lowest BCUT2D eigenvalue weighted by Gasteiger charge is -2.21. The van der Waals surface area contributed by atoms with Gasteiger partial charge in [0.25, 0.3) is 0 Å². The maximum Gasteiger partial charge on any atom is 0.239 e. The largest absolute Gasteiger partial charge is 0.341 e. The van der Waals surface area contributed by atoms with E-state index in [0.717, 1.165) is 44.6 Å². The molecule has 4 nitrogen and oxygen atoms in total. The first-order valence-electron chi connectivity index (χ1n) is 9.26. The van der Waals surface area contributed by atoms with Gasteiger partial charge in [-0.25, -0.2) is 0 Å². The number of nitrogens with zero attached hydrogens (tertiary/aromatic N) is 2. The molecule has 130 valence electrons. The van der Waals surface area contributed by atoms with Crippen LogP contribution in [0.25, 0.3) is 0 Å². The molecule has 0 radical (unpaired) electrons. The first-order valence-corrected chi connectivity index (χ1v) is 9.26. The van der Waals surface area contributed by atoms with Crippen molar-refractivity contribution in [1.82, 2.24) is 15.2 Å². The molecule has 25 heavy (non-hydrogen) atoms. The normalized spacial score (nSPS) is 26.1.